The van der Waals surface area contributed by atoms with E-state index in [0.717, 1.165) is 44.9 Å². The molecule has 23 atom stereocenters. The fraction of sp³-hybridized carbons (Fsp3) is 0.936. The summed E-state index contributed by atoms with van der Waals surface area (Å²) >= 11 is 0. The van der Waals surface area contributed by atoms with Crippen molar-refractivity contribution >= 4 is 5.97 Å². The first kappa shape index (κ1) is 49.0. The van der Waals surface area contributed by atoms with Crippen molar-refractivity contribution < 1.29 is 84.3 Å². The molecule has 0 unspecified atom stereocenters. The number of aliphatic carboxylic acids is 1. The summed E-state index contributed by atoms with van der Waals surface area (Å²) in [5.41, 5.74) is -0.609. The van der Waals surface area contributed by atoms with Gasteiger partial charge < -0.3 is 79.5 Å². The molecule has 3 heterocycles. The smallest absolute Gasteiger partial charge is 0.310 e. The summed E-state index contributed by atoms with van der Waals surface area (Å²) in [6.45, 7) is 14.1. The molecule has 0 aromatic heterocycles. The fourth-order valence-corrected chi connectivity index (χ4v) is 14.8. The van der Waals surface area contributed by atoms with Crippen molar-refractivity contribution in [1.29, 1.82) is 0 Å². The number of carboxylic acids is 1. The number of hydrogen-bond acceptors (Lipinski definition) is 16. The first-order valence-corrected chi connectivity index (χ1v) is 23.7. The molecule has 3 saturated heterocycles. The second-order valence-corrected chi connectivity index (χ2v) is 22.9. The third-order valence-electron chi connectivity index (χ3n) is 19.1. The maximum absolute atomic E-state index is 13.1. The quantitative estimate of drug-likeness (QED) is 0.116. The molecule has 0 amide bonds. The van der Waals surface area contributed by atoms with Crippen LogP contribution in [0.2, 0.25) is 0 Å². The van der Waals surface area contributed by atoms with Gasteiger partial charge >= 0.3 is 5.97 Å². The van der Waals surface area contributed by atoms with Crippen LogP contribution in [0.25, 0.3) is 0 Å². The summed E-state index contributed by atoms with van der Waals surface area (Å²) in [6, 6.07) is 0. The summed E-state index contributed by atoms with van der Waals surface area (Å²) in [6.07, 6.45) is -11.9. The molecule has 64 heavy (non-hydrogen) atoms. The molecule has 17 heteroatoms. The Bertz CT molecular complexity index is 1750. The number of fused-ring (bicyclic) bond motifs is 7. The molecule has 5 aliphatic carbocycles. The van der Waals surface area contributed by atoms with Gasteiger partial charge in [0.1, 0.15) is 61.0 Å². The van der Waals surface area contributed by atoms with Gasteiger partial charge in [0.15, 0.2) is 18.9 Å². The third-order valence-corrected chi connectivity index (χ3v) is 19.1. The number of carbonyl (C=O) groups is 1. The lowest BCUT2D eigenvalue weighted by Gasteiger charge is -2.71. The van der Waals surface area contributed by atoms with E-state index in [1.165, 1.54) is 12.5 Å². The Morgan fingerprint density at radius 3 is 2.06 bits per heavy atom. The van der Waals surface area contributed by atoms with E-state index in [-0.39, 0.29) is 52.6 Å². The van der Waals surface area contributed by atoms with Crippen LogP contribution in [0.5, 0.6) is 0 Å². The zero-order chi connectivity index (χ0) is 46.7. The molecule has 17 nitrogen and oxygen atoms in total. The molecule has 7 fully saturated rings. The van der Waals surface area contributed by atoms with Crippen LogP contribution < -0.4 is 0 Å². The predicted molar refractivity (Wildman–Crippen MR) is 225 cm³/mol. The maximum Gasteiger partial charge on any atom is 0.310 e. The highest BCUT2D eigenvalue weighted by atomic mass is 16.8. The highest BCUT2D eigenvalue weighted by molar-refractivity contribution is 5.76. The molecule has 0 radical (unpaired) electrons. The number of aliphatic hydroxyl groups excluding tert-OH is 9. The van der Waals surface area contributed by atoms with E-state index >= 15 is 0 Å². The summed E-state index contributed by atoms with van der Waals surface area (Å²) in [7, 11) is 0. The van der Waals surface area contributed by atoms with Crippen LogP contribution in [0.4, 0.5) is 0 Å². The molecular weight excluding hydrogens is 837 g/mol. The van der Waals surface area contributed by atoms with Crippen molar-refractivity contribution in [2.75, 3.05) is 19.8 Å². The van der Waals surface area contributed by atoms with Gasteiger partial charge in [0.05, 0.1) is 37.4 Å². The summed E-state index contributed by atoms with van der Waals surface area (Å²) in [4.78, 5) is 13.1. The van der Waals surface area contributed by atoms with Crippen LogP contribution in [0.15, 0.2) is 11.6 Å². The van der Waals surface area contributed by atoms with Gasteiger partial charge in [-0.3, -0.25) is 4.79 Å². The van der Waals surface area contributed by atoms with Crippen molar-refractivity contribution in [3.8, 4) is 0 Å². The SMILES string of the molecule is C[C@@H]1O[C@H](O[C@@H]2[C@H](O[C@@H]3CC[C@@]4(C)[C@@H](CC[C@]5(C)[C@@H]4CC=C4[C@@H]6CC(C)(C)CC[C@]6(C(=O)O)CC[C@]45C)[C@]3(C)CO)OC[C@H](O)[C@@H]2O)[C@H](O)[C@@H](O[C@@H]2O[C@H](CO)[C@@H](O)[C@H](O)[C@H]2O)[C@H]1O. The molecular formula is C47H76O17. The van der Waals surface area contributed by atoms with Crippen molar-refractivity contribution in [1.82, 2.24) is 0 Å². The highest BCUT2D eigenvalue weighted by Crippen LogP contribution is 2.76. The van der Waals surface area contributed by atoms with Gasteiger partial charge in [0, 0.05) is 5.41 Å². The Hall–Kier alpha value is -1.39. The number of rotatable bonds is 9. The average Bonchev–Trinajstić information content (AvgIpc) is 3.24. The van der Waals surface area contributed by atoms with E-state index in [9.17, 15) is 55.9 Å². The Morgan fingerprint density at radius 1 is 0.719 bits per heavy atom. The number of hydrogen-bond donors (Lipinski definition) is 10. The monoisotopic (exact) mass is 913 g/mol. The lowest BCUT2D eigenvalue weighted by Crippen LogP contribution is -2.67. The molecule has 0 aromatic carbocycles. The maximum atomic E-state index is 13.1. The van der Waals surface area contributed by atoms with E-state index in [1.807, 2.05) is 6.92 Å². The normalized spacial score (nSPS) is 55.0. The molecule has 0 aromatic rings. The average molecular weight is 913 g/mol. The topological polar surface area (TPSA) is 275 Å². The van der Waals surface area contributed by atoms with Crippen LogP contribution in [0, 0.1) is 50.2 Å². The summed E-state index contributed by atoms with van der Waals surface area (Å²) in [5, 5.41) is 108. The van der Waals surface area contributed by atoms with Crippen molar-refractivity contribution in [3.63, 3.8) is 0 Å². The minimum Gasteiger partial charge on any atom is -0.481 e. The first-order chi connectivity index (χ1) is 29.9. The van der Waals surface area contributed by atoms with E-state index in [1.54, 1.807) is 0 Å². The number of allylic oxidation sites excluding steroid dienone is 2. The van der Waals surface area contributed by atoms with E-state index in [4.69, 9.17) is 28.4 Å². The second-order valence-electron chi connectivity index (χ2n) is 22.9. The van der Waals surface area contributed by atoms with Crippen LogP contribution >= 0.6 is 0 Å². The Balaban J connectivity index is 1.01. The molecule has 4 saturated carbocycles. The molecule has 0 bridgehead atoms. The van der Waals surface area contributed by atoms with Crippen LogP contribution in [0.1, 0.15) is 113 Å². The van der Waals surface area contributed by atoms with Crippen molar-refractivity contribution in [2.45, 2.75) is 205 Å². The highest BCUT2D eigenvalue weighted by Gasteiger charge is 2.70. The zero-order valence-corrected chi connectivity index (χ0v) is 38.5. The first-order valence-electron chi connectivity index (χ1n) is 23.7. The van der Waals surface area contributed by atoms with Gasteiger partial charge in [0.25, 0.3) is 0 Å². The molecule has 8 aliphatic rings. The van der Waals surface area contributed by atoms with Crippen molar-refractivity contribution in [2.24, 2.45) is 50.2 Å². The van der Waals surface area contributed by atoms with Gasteiger partial charge in [-0.25, -0.2) is 0 Å². The van der Waals surface area contributed by atoms with Crippen LogP contribution in [-0.2, 0) is 33.2 Å². The lowest BCUT2D eigenvalue weighted by atomic mass is 9.33. The standard InChI is InChI=1S/C47H76O17/c1-22-30(51)36(63-38-34(55)33(54)32(53)26(19-48)61-38)35(56)39(60-22)64-37-31(52)25(50)20-59-40(37)62-29-11-12-43(4)27(44(29,5)21-49)10-13-46(7)28(43)9-8-23-24-18-42(2,3)14-16-47(24,41(57)58)17-15-45(23,46)6/h8,22,24-40,48-56H,9-21H2,1-7H3,(H,57,58)/t22-,24-,25-,26+,27+,28+,29+,30-,31-,32+,33-,34+,35+,36-,37-,38-,39+,40-,43-,44-,45+,46+,47-/m0/s1. The second kappa shape index (κ2) is 17.2. The van der Waals surface area contributed by atoms with Gasteiger partial charge in [-0.05, 0) is 111 Å². The summed E-state index contributed by atoms with van der Waals surface area (Å²) < 4.78 is 36.1. The molecule has 366 valence electrons. The number of aliphatic hydroxyl groups is 9. The molecule has 0 spiro atoms. The predicted octanol–water partition coefficient (Wildman–Crippen LogP) is 1.35. The van der Waals surface area contributed by atoms with Gasteiger partial charge in [0.2, 0.25) is 0 Å². The zero-order valence-electron chi connectivity index (χ0n) is 38.5. The minimum atomic E-state index is -1.82. The molecule has 10 N–H and O–H groups in total. The van der Waals surface area contributed by atoms with Crippen LogP contribution in [0.3, 0.4) is 0 Å². The Morgan fingerprint density at radius 2 is 1.39 bits per heavy atom. The number of carboxylic acid groups (broad SMARTS) is 1. The molecule has 8 rings (SSSR count). The van der Waals surface area contributed by atoms with Gasteiger partial charge in [-0.2, -0.15) is 0 Å². The van der Waals surface area contributed by atoms with Gasteiger partial charge in [-0.1, -0.05) is 53.2 Å². The van der Waals surface area contributed by atoms with E-state index in [0.29, 0.717) is 19.3 Å². The van der Waals surface area contributed by atoms with Crippen LogP contribution in [-0.4, -0.2) is 169 Å². The number of ether oxygens (including phenoxy) is 6. The van der Waals surface area contributed by atoms with E-state index in [2.05, 4.69) is 40.7 Å². The van der Waals surface area contributed by atoms with Crippen molar-refractivity contribution in [3.05, 3.63) is 11.6 Å². The lowest BCUT2D eigenvalue weighted by molar-refractivity contribution is -0.383. The Labute approximate surface area is 376 Å². The largest absolute Gasteiger partial charge is 0.481 e. The Kier molecular flexibility index (Phi) is 13.2. The third kappa shape index (κ3) is 7.49. The minimum absolute atomic E-state index is 0.00330. The fourth-order valence-electron chi connectivity index (χ4n) is 14.8. The van der Waals surface area contributed by atoms with E-state index < -0.39 is 116 Å². The molecule has 3 aliphatic heterocycles. The summed E-state index contributed by atoms with van der Waals surface area (Å²) in [5.74, 6) is -0.391. The van der Waals surface area contributed by atoms with Gasteiger partial charge in [-0.15, -0.1) is 0 Å².